The van der Waals surface area contributed by atoms with Crippen molar-refractivity contribution in [3.8, 4) is 0 Å². The lowest BCUT2D eigenvalue weighted by atomic mass is 9.98. The van der Waals surface area contributed by atoms with E-state index in [4.69, 9.17) is 23.2 Å². The summed E-state index contributed by atoms with van der Waals surface area (Å²) in [4.78, 5) is 14.6. The molecule has 2 aromatic heterocycles. The molecular weight excluding hydrogens is 355 g/mol. The maximum atomic E-state index is 12.6. The average Bonchev–Trinajstić information content (AvgIpc) is 2.88. The molecule has 8 heteroatoms. The van der Waals surface area contributed by atoms with Crippen LogP contribution in [0, 0.1) is 0 Å². The molecule has 1 aliphatic rings. The van der Waals surface area contributed by atoms with Crippen LogP contribution in [0.2, 0.25) is 10.0 Å². The van der Waals surface area contributed by atoms with Gasteiger partial charge in [0.05, 0.1) is 15.8 Å². The molecule has 5 nitrogen and oxygen atoms in total. The van der Waals surface area contributed by atoms with E-state index >= 15 is 0 Å². The van der Waals surface area contributed by atoms with Crippen molar-refractivity contribution in [1.82, 2.24) is 19.5 Å². The van der Waals surface area contributed by atoms with Gasteiger partial charge in [0.1, 0.15) is 0 Å². The standard InChI is InChI=1S/C15H18Cl2N4OS/c1-9-4-3-5-10(2)21(9)13(22)8-23-15-19-18-14-12(17)6-11(16)7-20(14)15/h6-7,9-10H,3-5,8H2,1-2H3/t9-,10-/m0/s1. The van der Waals surface area contributed by atoms with E-state index in [1.807, 2.05) is 4.90 Å². The molecule has 1 saturated heterocycles. The Morgan fingerprint density at radius 1 is 1.30 bits per heavy atom. The molecule has 0 bridgehead atoms. The number of fused-ring (bicyclic) bond motifs is 1. The smallest absolute Gasteiger partial charge is 0.233 e. The maximum Gasteiger partial charge on any atom is 0.233 e. The number of hydrogen-bond donors (Lipinski definition) is 0. The van der Waals surface area contributed by atoms with Gasteiger partial charge in [-0.15, -0.1) is 10.2 Å². The molecule has 3 heterocycles. The number of amides is 1. The quantitative estimate of drug-likeness (QED) is 0.766. The Morgan fingerprint density at radius 3 is 2.70 bits per heavy atom. The number of thioether (sulfide) groups is 1. The second kappa shape index (κ2) is 6.87. The van der Waals surface area contributed by atoms with Crippen LogP contribution in [0.15, 0.2) is 17.4 Å². The Morgan fingerprint density at radius 2 is 2.00 bits per heavy atom. The topological polar surface area (TPSA) is 50.5 Å². The summed E-state index contributed by atoms with van der Waals surface area (Å²) in [5.41, 5.74) is 0.547. The molecule has 1 fully saturated rings. The maximum absolute atomic E-state index is 12.6. The molecule has 0 N–H and O–H groups in total. The first-order valence-electron chi connectivity index (χ1n) is 7.61. The molecule has 0 spiro atoms. The third-order valence-electron chi connectivity index (χ3n) is 4.20. The normalized spacial score (nSPS) is 21.8. The second-order valence-corrected chi connectivity index (χ2v) is 7.69. The van der Waals surface area contributed by atoms with Crippen molar-refractivity contribution in [1.29, 1.82) is 0 Å². The predicted molar refractivity (Wildman–Crippen MR) is 93.4 cm³/mol. The molecule has 0 aliphatic carbocycles. The fourth-order valence-electron chi connectivity index (χ4n) is 3.11. The molecule has 0 unspecified atom stereocenters. The van der Waals surface area contributed by atoms with Gasteiger partial charge in [0, 0.05) is 18.3 Å². The number of likely N-dealkylation sites (tertiary alicyclic amines) is 1. The number of aromatic nitrogens is 3. The number of hydrogen-bond acceptors (Lipinski definition) is 4. The van der Waals surface area contributed by atoms with Crippen molar-refractivity contribution in [2.24, 2.45) is 0 Å². The van der Waals surface area contributed by atoms with Crippen molar-refractivity contribution in [2.75, 3.05) is 5.75 Å². The molecule has 3 rings (SSSR count). The number of piperidine rings is 1. The zero-order chi connectivity index (χ0) is 16.6. The number of halogens is 2. The summed E-state index contributed by atoms with van der Waals surface area (Å²) in [6.07, 6.45) is 5.03. The van der Waals surface area contributed by atoms with E-state index < -0.39 is 0 Å². The van der Waals surface area contributed by atoms with Crippen LogP contribution in [0.5, 0.6) is 0 Å². The van der Waals surface area contributed by atoms with Crippen LogP contribution in [0.3, 0.4) is 0 Å². The number of rotatable bonds is 3. The van der Waals surface area contributed by atoms with E-state index in [0.29, 0.717) is 38.7 Å². The van der Waals surface area contributed by atoms with Crippen LogP contribution in [0.4, 0.5) is 0 Å². The van der Waals surface area contributed by atoms with Gasteiger partial charge in [0.15, 0.2) is 10.8 Å². The lowest BCUT2D eigenvalue weighted by Crippen LogP contribution is -2.48. The Kier molecular flexibility index (Phi) is 5.04. The average molecular weight is 373 g/mol. The van der Waals surface area contributed by atoms with Crippen LogP contribution in [0.25, 0.3) is 5.65 Å². The Bertz CT molecular complexity index is 726. The van der Waals surface area contributed by atoms with Crippen LogP contribution >= 0.6 is 35.0 Å². The van der Waals surface area contributed by atoms with Crippen molar-refractivity contribution in [3.05, 3.63) is 22.3 Å². The number of pyridine rings is 1. The highest BCUT2D eigenvalue weighted by molar-refractivity contribution is 7.99. The molecule has 2 atom stereocenters. The summed E-state index contributed by atoms with van der Waals surface area (Å²) >= 11 is 13.5. The molecule has 1 aliphatic heterocycles. The first-order valence-corrected chi connectivity index (χ1v) is 9.35. The lowest BCUT2D eigenvalue weighted by molar-refractivity contribution is -0.134. The zero-order valence-electron chi connectivity index (χ0n) is 13.0. The van der Waals surface area contributed by atoms with E-state index in [1.165, 1.54) is 18.2 Å². The van der Waals surface area contributed by atoms with E-state index in [2.05, 4.69) is 24.0 Å². The predicted octanol–water partition coefficient (Wildman–Crippen LogP) is 3.92. The zero-order valence-corrected chi connectivity index (χ0v) is 15.3. The largest absolute Gasteiger partial charge is 0.337 e. The molecule has 2 aromatic rings. The molecule has 124 valence electrons. The Balaban J connectivity index is 1.74. The number of carbonyl (C=O) groups is 1. The van der Waals surface area contributed by atoms with Gasteiger partial charge in [-0.2, -0.15) is 0 Å². The van der Waals surface area contributed by atoms with Gasteiger partial charge in [-0.3, -0.25) is 9.20 Å². The highest BCUT2D eigenvalue weighted by Gasteiger charge is 2.29. The molecule has 23 heavy (non-hydrogen) atoms. The van der Waals surface area contributed by atoms with Gasteiger partial charge in [-0.1, -0.05) is 35.0 Å². The fraction of sp³-hybridized carbons (Fsp3) is 0.533. The minimum absolute atomic E-state index is 0.138. The van der Waals surface area contributed by atoms with E-state index in [9.17, 15) is 4.79 Å². The van der Waals surface area contributed by atoms with Gasteiger partial charge in [0.25, 0.3) is 0 Å². The van der Waals surface area contributed by atoms with Crippen molar-refractivity contribution >= 4 is 46.5 Å². The number of nitrogens with zero attached hydrogens (tertiary/aromatic N) is 4. The number of carbonyl (C=O) groups excluding carboxylic acids is 1. The second-order valence-electron chi connectivity index (χ2n) is 5.90. The summed E-state index contributed by atoms with van der Waals surface area (Å²) in [5.74, 6) is 0.471. The first-order chi connectivity index (χ1) is 11.0. The highest BCUT2D eigenvalue weighted by Crippen LogP contribution is 2.27. The van der Waals surface area contributed by atoms with E-state index in [-0.39, 0.29) is 5.91 Å². The van der Waals surface area contributed by atoms with Crippen LogP contribution in [-0.4, -0.2) is 43.2 Å². The van der Waals surface area contributed by atoms with Crippen molar-refractivity contribution in [3.63, 3.8) is 0 Å². The van der Waals surface area contributed by atoms with Gasteiger partial charge in [-0.25, -0.2) is 0 Å². The minimum atomic E-state index is 0.138. The van der Waals surface area contributed by atoms with Crippen molar-refractivity contribution in [2.45, 2.75) is 50.4 Å². The third-order valence-corrected chi connectivity index (χ3v) is 5.61. The molecule has 1 amide bonds. The Labute approximate surface area is 149 Å². The van der Waals surface area contributed by atoms with Crippen LogP contribution in [-0.2, 0) is 4.79 Å². The summed E-state index contributed by atoms with van der Waals surface area (Å²) in [7, 11) is 0. The Hall–Kier alpha value is -0.980. The van der Waals surface area contributed by atoms with Crippen molar-refractivity contribution < 1.29 is 4.79 Å². The molecule has 0 aromatic carbocycles. The van der Waals surface area contributed by atoms with Crippen LogP contribution in [0.1, 0.15) is 33.1 Å². The SMILES string of the molecule is C[C@H]1CCC[C@H](C)N1C(=O)CSc1nnc2c(Cl)cc(Cl)cn12. The van der Waals surface area contributed by atoms with Gasteiger partial charge in [0.2, 0.25) is 5.91 Å². The summed E-state index contributed by atoms with van der Waals surface area (Å²) in [6, 6.07) is 2.22. The highest BCUT2D eigenvalue weighted by atomic mass is 35.5. The van der Waals surface area contributed by atoms with E-state index in [1.54, 1.807) is 16.7 Å². The minimum Gasteiger partial charge on any atom is -0.337 e. The molecular formula is C15H18Cl2N4OS. The lowest BCUT2D eigenvalue weighted by Gasteiger charge is -2.39. The summed E-state index contributed by atoms with van der Waals surface area (Å²) in [5, 5.41) is 9.75. The first kappa shape index (κ1) is 16.9. The van der Waals surface area contributed by atoms with Crippen LogP contribution < -0.4 is 0 Å². The molecule has 0 saturated carbocycles. The molecule has 0 radical (unpaired) electrons. The summed E-state index contributed by atoms with van der Waals surface area (Å²) in [6.45, 7) is 4.23. The van der Waals surface area contributed by atoms with Gasteiger partial charge >= 0.3 is 0 Å². The van der Waals surface area contributed by atoms with Gasteiger partial charge < -0.3 is 4.90 Å². The van der Waals surface area contributed by atoms with Gasteiger partial charge in [-0.05, 0) is 39.2 Å². The summed E-state index contributed by atoms with van der Waals surface area (Å²) < 4.78 is 1.73. The fourth-order valence-corrected chi connectivity index (χ4v) is 4.40. The third kappa shape index (κ3) is 3.44. The van der Waals surface area contributed by atoms with E-state index in [0.717, 1.165) is 12.8 Å². The monoisotopic (exact) mass is 372 g/mol.